The maximum Gasteiger partial charge on any atom is 0.358 e. The highest BCUT2D eigenvalue weighted by Crippen LogP contribution is 2.04. The van der Waals surface area contributed by atoms with Crippen molar-refractivity contribution in [1.82, 2.24) is 9.97 Å². The number of ether oxygens (including phenoxy) is 1. The van der Waals surface area contributed by atoms with E-state index < -0.39 is 5.97 Å². The van der Waals surface area contributed by atoms with Crippen LogP contribution in [-0.4, -0.2) is 23.0 Å². The molecule has 0 aliphatic carbocycles. The number of esters is 1. The van der Waals surface area contributed by atoms with Crippen molar-refractivity contribution >= 4 is 5.97 Å². The summed E-state index contributed by atoms with van der Waals surface area (Å²) in [5.41, 5.74) is 0.134. The Hall–Kier alpha value is -1.96. The van der Waals surface area contributed by atoms with Crippen LogP contribution < -0.4 is 0 Å². The normalized spacial score (nSPS) is 9.00. The molecule has 0 saturated heterocycles. The number of nitrogens with zero attached hydrogens (tertiary/aromatic N) is 3. The first kappa shape index (κ1) is 9.13. The topological polar surface area (TPSA) is 75.9 Å². The molecule has 5 heteroatoms. The third kappa shape index (κ3) is 1.79. The van der Waals surface area contributed by atoms with Gasteiger partial charge < -0.3 is 4.74 Å². The Morgan fingerprint density at radius 2 is 2.38 bits per heavy atom. The van der Waals surface area contributed by atoms with Gasteiger partial charge in [-0.1, -0.05) is 0 Å². The van der Waals surface area contributed by atoms with Crippen LogP contribution >= 0.6 is 0 Å². The number of rotatable bonds is 1. The van der Waals surface area contributed by atoms with Crippen molar-refractivity contribution in [2.45, 2.75) is 6.92 Å². The summed E-state index contributed by atoms with van der Waals surface area (Å²) >= 11 is 0. The Balaban J connectivity index is 3.25. The summed E-state index contributed by atoms with van der Waals surface area (Å²) < 4.78 is 4.45. The van der Waals surface area contributed by atoms with Crippen LogP contribution in [0.2, 0.25) is 0 Å². The van der Waals surface area contributed by atoms with Crippen LogP contribution in [0.1, 0.15) is 21.9 Å². The summed E-state index contributed by atoms with van der Waals surface area (Å²) in [4.78, 5) is 18.7. The van der Waals surface area contributed by atoms with E-state index in [1.807, 2.05) is 6.07 Å². The Morgan fingerprint density at radius 1 is 1.69 bits per heavy atom. The minimum absolute atomic E-state index is 0.0116. The second kappa shape index (κ2) is 3.63. The van der Waals surface area contributed by atoms with Crippen LogP contribution in [0.15, 0.2) is 6.20 Å². The van der Waals surface area contributed by atoms with Gasteiger partial charge in [0.1, 0.15) is 17.5 Å². The minimum atomic E-state index is -0.623. The highest BCUT2D eigenvalue weighted by molar-refractivity contribution is 5.89. The van der Waals surface area contributed by atoms with E-state index in [0.717, 1.165) is 0 Å². The van der Waals surface area contributed by atoms with Crippen LogP contribution in [0.25, 0.3) is 0 Å². The fraction of sp³-hybridized carbons (Fsp3) is 0.250. The van der Waals surface area contributed by atoms with Crippen LogP contribution in [-0.2, 0) is 4.74 Å². The van der Waals surface area contributed by atoms with Crippen LogP contribution in [0.5, 0.6) is 0 Å². The number of aryl methyl sites for hydroxylation is 1. The zero-order valence-corrected chi connectivity index (χ0v) is 7.24. The number of aromatic nitrogens is 2. The van der Waals surface area contributed by atoms with Gasteiger partial charge in [-0.25, -0.2) is 14.8 Å². The smallest absolute Gasteiger partial charge is 0.358 e. The molecule has 0 N–H and O–H groups in total. The van der Waals surface area contributed by atoms with Crippen molar-refractivity contribution in [2.24, 2.45) is 0 Å². The van der Waals surface area contributed by atoms with Crippen molar-refractivity contribution in [1.29, 1.82) is 5.26 Å². The average Bonchev–Trinajstić information content (AvgIpc) is 2.16. The molecule has 0 unspecified atom stereocenters. The molecule has 0 fully saturated rings. The average molecular weight is 177 g/mol. The molecule has 1 rings (SSSR count). The first-order valence-electron chi connectivity index (χ1n) is 3.51. The molecule has 1 heterocycles. The minimum Gasteiger partial charge on any atom is -0.464 e. The van der Waals surface area contributed by atoms with Crippen molar-refractivity contribution < 1.29 is 9.53 Å². The van der Waals surface area contributed by atoms with Crippen molar-refractivity contribution in [2.75, 3.05) is 7.11 Å². The van der Waals surface area contributed by atoms with Gasteiger partial charge in [-0.15, -0.1) is 0 Å². The molecule has 1 aromatic heterocycles. The first-order chi connectivity index (χ1) is 6.19. The molecule has 0 atom stereocenters. The highest BCUT2D eigenvalue weighted by Gasteiger charge is 2.13. The van der Waals surface area contributed by atoms with E-state index >= 15 is 0 Å². The number of nitriles is 1. The van der Waals surface area contributed by atoms with Gasteiger partial charge in [0.2, 0.25) is 0 Å². The van der Waals surface area contributed by atoms with Crippen LogP contribution in [0, 0.1) is 18.3 Å². The lowest BCUT2D eigenvalue weighted by molar-refractivity contribution is 0.0593. The monoisotopic (exact) mass is 177 g/mol. The zero-order valence-electron chi connectivity index (χ0n) is 7.24. The molecular weight excluding hydrogens is 170 g/mol. The van der Waals surface area contributed by atoms with E-state index in [4.69, 9.17) is 5.26 Å². The molecule has 66 valence electrons. The molecular formula is C8H7N3O2. The molecule has 0 radical (unpaired) electrons. The molecule has 0 amide bonds. The van der Waals surface area contributed by atoms with E-state index in [0.29, 0.717) is 5.82 Å². The van der Waals surface area contributed by atoms with Gasteiger partial charge in [0.05, 0.1) is 7.11 Å². The third-order valence-corrected chi connectivity index (χ3v) is 1.41. The maximum atomic E-state index is 11.1. The second-order valence-corrected chi connectivity index (χ2v) is 2.28. The number of methoxy groups -OCH3 is 1. The zero-order chi connectivity index (χ0) is 9.84. The Bertz CT molecular complexity index is 381. The lowest BCUT2D eigenvalue weighted by atomic mass is 10.2. The van der Waals surface area contributed by atoms with Crippen LogP contribution in [0.3, 0.4) is 0 Å². The molecule has 0 saturated carbocycles. The number of carbonyl (C=O) groups excluding carboxylic acids is 1. The van der Waals surface area contributed by atoms with Gasteiger partial charge in [0.15, 0.2) is 5.69 Å². The van der Waals surface area contributed by atoms with E-state index in [1.54, 1.807) is 6.92 Å². The summed E-state index contributed by atoms with van der Waals surface area (Å²) in [6.45, 7) is 1.63. The largest absolute Gasteiger partial charge is 0.464 e. The Morgan fingerprint density at radius 3 is 2.92 bits per heavy atom. The van der Waals surface area contributed by atoms with Crippen molar-refractivity contribution in [3.8, 4) is 6.07 Å². The highest BCUT2D eigenvalue weighted by atomic mass is 16.5. The summed E-state index contributed by atoms with van der Waals surface area (Å²) in [6, 6.07) is 1.81. The summed E-state index contributed by atoms with van der Waals surface area (Å²) in [7, 11) is 1.24. The van der Waals surface area contributed by atoms with Gasteiger partial charge >= 0.3 is 5.97 Å². The fourth-order valence-corrected chi connectivity index (χ4v) is 0.804. The number of hydrogen-bond acceptors (Lipinski definition) is 5. The summed E-state index contributed by atoms with van der Waals surface area (Å²) in [5.74, 6) is -0.193. The van der Waals surface area contributed by atoms with E-state index in [-0.39, 0.29) is 11.3 Å². The molecule has 13 heavy (non-hydrogen) atoms. The van der Waals surface area contributed by atoms with E-state index in [2.05, 4.69) is 14.7 Å². The summed E-state index contributed by atoms with van der Waals surface area (Å²) in [6.07, 6.45) is 1.30. The lowest BCUT2D eigenvalue weighted by Crippen LogP contribution is -2.09. The Labute approximate surface area is 75.0 Å². The quantitative estimate of drug-likeness (QED) is 0.582. The van der Waals surface area contributed by atoms with E-state index in [1.165, 1.54) is 13.3 Å². The standard InChI is InChI=1S/C8H7N3O2/c1-5-10-4-6(3-9)7(11-5)8(12)13-2/h4H,1-2H3. The first-order valence-corrected chi connectivity index (χ1v) is 3.51. The van der Waals surface area contributed by atoms with Crippen molar-refractivity contribution in [3.63, 3.8) is 0 Å². The van der Waals surface area contributed by atoms with Crippen molar-refractivity contribution in [3.05, 3.63) is 23.3 Å². The SMILES string of the molecule is COC(=O)c1nc(C)ncc1C#N. The van der Waals surface area contributed by atoms with Gasteiger partial charge in [0, 0.05) is 6.20 Å². The molecule has 0 aromatic carbocycles. The van der Waals surface area contributed by atoms with Gasteiger partial charge in [-0.3, -0.25) is 0 Å². The lowest BCUT2D eigenvalue weighted by Gasteiger charge is -2.00. The predicted octanol–water partition coefficient (Wildman–Crippen LogP) is 0.443. The number of hydrogen-bond donors (Lipinski definition) is 0. The number of carbonyl (C=O) groups is 1. The Kier molecular flexibility index (Phi) is 2.55. The predicted molar refractivity (Wildman–Crippen MR) is 42.8 cm³/mol. The van der Waals surface area contributed by atoms with Gasteiger partial charge in [-0.2, -0.15) is 5.26 Å². The third-order valence-electron chi connectivity index (χ3n) is 1.41. The molecule has 0 aliphatic heterocycles. The van der Waals surface area contributed by atoms with E-state index in [9.17, 15) is 4.79 Å². The molecule has 0 spiro atoms. The summed E-state index contributed by atoms with van der Waals surface area (Å²) in [5, 5.41) is 8.62. The fourth-order valence-electron chi connectivity index (χ4n) is 0.804. The second-order valence-electron chi connectivity index (χ2n) is 2.28. The van der Waals surface area contributed by atoms with Gasteiger partial charge in [0.25, 0.3) is 0 Å². The van der Waals surface area contributed by atoms with Gasteiger partial charge in [-0.05, 0) is 6.92 Å². The maximum absolute atomic E-state index is 11.1. The molecule has 5 nitrogen and oxygen atoms in total. The molecule has 0 bridgehead atoms. The molecule has 1 aromatic rings. The molecule has 0 aliphatic rings. The van der Waals surface area contributed by atoms with Crippen LogP contribution in [0.4, 0.5) is 0 Å².